The fraction of sp³-hybridized carbons (Fsp3) is 0.455. The molecule has 0 spiro atoms. The molecule has 3 heteroatoms. The molecule has 76 valence electrons. The highest BCUT2D eigenvalue weighted by molar-refractivity contribution is 6.30. The molecule has 0 saturated heterocycles. The summed E-state index contributed by atoms with van der Waals surface area (Å²) >= 11 is 5.90. The van der Waals surface area contributed by atoms with E-state index in [-0.39, 0.29) is 6.54 Å². The van der Waals surface area contributed by atoms with Crippen molar-refractivity contribution < 1.29 is 5.11 Å². The first kappa shape index (κ1) is 9.97. The summed E-state index contributed by atoms with van der Waals surface area (Å²) in [4.78, 5) is 0. The zero-order chi connectivity index (χ0) is 10.2. The number of aryl methyl sites for hydroxylation is 1. The lowest BCUT2D eigenvalue weighted by Gasteiger charge is -2.33. The molecule has 0 fully saturated rings. The molecule has 3 N–H and O–H groups in total. The number of benzene rings is 1. The smallest absolute Gasteiger partial charge is 0.102 e. The first-order valence-corrected chi connectivity index (χ1v) is 5.25. The van der Waals surface area contributed by atoms with Crippen LogP contribution < -0.4 is 5.73 Å². The summed E-state index contributed by atoms with van der Waals surface area (Å²) in [6, 6.07) is 5.63. The van der Waals surface area contributed by atoms with E-state index in [2.05, 4.69) is 0 Å². The van der Waals surface area contributed by atoms with Crippen LogP contribution in [0, 0.1) is 0 Å². The Balaban J connectivity index is 2.50. The lowest BCUT2D eigenvalue weighted by atomic mass is 9.79. The Labute approximate surface area is 88.7 Å². The molecule has 0 aromatic heterocycles. The summed E-state index contributed by atoms with van der Waals surface area (Å²) in [5, 5.41) is 11.0. The SMILES string of the molecule is NCC1(O)CCCc2cc(Cl)ccc21. The molecule has 0 bridgehead atoms. The van der Waals surface area contributed by atoms with E-state index in [4.69, 9.17) is 17.3 Å². The van der Waals surface area contributed by atoms with Crippen LogP contribution >= 0.6 is 11.6 Å². The standard InChI is InChI=1S/C11H14ClNO/c12-9-3-4-10-8(6-9)2-1-5-11(10,14)7-13/h3-4,6,14H,1-2,5,7,13H2. The minimum absolute atomic E-state index is 0.279. The fourth-order valence-electron chi connectivity index (χ4n) is 2.14. The van der Waals surface area contributed by atoms with Gasteiger partial charge in [-0.15, -0.1) is 0 Å². The summed E-state index contributed by atoms with van der Waals surface area (Å²) in [5.41, 5.74) is 6.86. The Hall–Kier alpha value is -0.570. The predicted octanol–water partition coefficient (Wildman–Crippen LogP) is 1.82. The number of halogens is 1. The number of nitrogens with two attached hydrogens (primary N) is 1. The Kier molecular flexibility index (Phi) is 2.52. The minimum Gasteiger partial charge on any atom is -0.384 e. The van der Waals surface area contributed by atoms with Gasteiger partial charge in [-0.3, -0.25) is 0 Å². The second kappa shape index (κ2) is 3.54. The van der Waals surface area contributed by atoms with Crippen molar-refractivity contribution in [2.24, 2.45) is 5.73 Å². The van der Waals surface area contributed by atoms with Gasteiger partial charge in [0.1, 0.15) is 5.60 Å². The summed E-state index contributed by atoms with van der Waals surface area (Å²) in [5.74, 6) is 0. The molecule has 1 atom stereocenters. The molecule has 0 amide bonds. The van der Waals surface area contributed by atoms with Gasteiger partial charge in [0.25, 0.3) is 0 Å². The van der Waals surface area contributed by atoms with E-state index in [0.717, 1.165) is 35.4 Å². The van der Waals surface area contributed by atoms with Gasteiger partial charge in [-0.25, -0.2) is 0 Å². The molecular formula is C11H14ClNO. The first-order valence-electron chi connectivity index (χ1n) is 4.87. The van der Waals surface area contributed by atoms with E-state index < -0.39 is 5.60 Å². The second-order valence-corrected chi connectivity index (χ2v) is 4.33. The van der Waals surface area contributed by atoms with E-state index in [0.29, 0.717) is 0 Å². The molecule has 1 aliphatic rings. The molecule has 1 aliphatic carbocycles. The summed E-state index contributed by atoms with van der Waals surface area (Å²) in [6.45, 7) is 0.279. The fourth-order valence-corrected chi connectivity index (χ4v) is 2.34. The summed E-state index contributed by atoms with van der Waals surface area (Å²) < 4.78 is 0. The third-order valence-electron chi connectivity index (χ3n) is 2.94. The van der Waals surface area contributed by atoms with E-state index in [1.807, 2.05) is 18.2 Å². The molecule has 0 saturated carbocycles. The molecule has 2 nitrogen and oxygen atoms in total. The Morgan fingerprint density at radius 2 is 2.29 bits per heavy atom. The molecule has 0 radical (unpaired) electrons. The van der Waals surface area contributed by atoms with E-state index in [1.165, 1.54) is 0 Å². The van der Waals surface area contributed by atoms with E-state index >= 15 is 0 Å². The largest absolute Gasteiger partial charge is 0.384 e. The van der Waals surface area contributed by atoms with Crippen LogP contribution in [0.5, 0.6) is 0 Å². The van der Waals surface area contributed by atoms with Gasteiger partial charge in [0, 0.05) is 11.6 Å². The highest BCUT2D eigenvalue weighted by atomic mass is 35.5. The Morgan fingerprint density at radius 1 is 1.50 bits per heavy atom. The second-order valence-electron chi connectivity index (χ2n) is 3.89. The third-order valence-corrected chi connectivity index (χ3v) is 3.18. The third kappa shape index (κ3) is 1.54. The van der Waals surface area contributed by atoms with Crippen molar-refractivity contribution >= 4 is 11.6 Å². The van der Waals surface area contributed by atoms with Crippen molar-refractivity contribution in [3.8, 4) is 0 Å². The van der Waals surface area contributed by atoms with Crippen LogP contribution in [0.4, 0.5) is 0 Å². The molecule has 1 unspecified atom stereocenters. The van der Waals surface area contributed by atoms with Gasteiger partial charge in [-0.2, -0.15) is 0 Å². The minimum atomic E-state index is -0.835. The molecule has 1 aromatic rings. The number of aliphatic hydroxyl groups is 1. The van der Waals surface area contributed by atoms with E-state index in [9.17, 15) is 5.11 Å². The van der Waals surface area contributed by atoms with Gasteiger partial charge in [0.15, 0.2) is 0 Å². The van der Waals surface area contributed by atoms with Crippen molar-refractivity contribution in [1.29, 1.82) is 0 Å². The maximum absolute atomic E-state index is 10.3. The van der Waals surface area contributed by atoms with Crippen LogP contribution in [0.25, 0.3) is 0 Å². The number of hydrogen-bond acceptors (Lipinski definition) is 2. The van der Waals surface area contributed by atoms with E-state index in [1.54, 1.807) is 0 Å². The van der Waals surface area contributed by atoms with Crippen LogP contribution in [0.15, 0.2) is 18.2 Å². The quantitative estimate of drug-likeness (QED) is 0.745. The lowest BCUT2D eigenvalue weighted by Crippen LogP contribution is -2.38. The average Bonchev–Trinajstić information content (AvgIpc) is 2.18. The number of hydrogen-bond donors (Lipinski definition) is 2. The highest BCUT2D eigenvalue weighted by Gasteiger charge is 2.32. The van der Waals surface area contributed by atoms with Crippen LogP contribution in [-0.4, -0.2) is 11.7 Å². The summed E-state index contributed by atoms with van der Waals surface area (Å²) in [6.07, 6.45) is 2.71. The van der Waals surface area contributed by atoms with Crippen molar-refractivity contribution in [1.82, 2.24) is 0 Å². The number of rotatable bonds is 1. The molecule has 0 aliphatic heterocycles. The highest BCUT2D eigenvalue weighted by Crippen LogP contribution is 2.35. The number of fused-ring (bicyclic) bond motifs is 1. The van der Waals surface area contributed by atoms with Crippen molar-refractivity contribution in [3.05, 3.63) is 34.3 Å². The van der Waals surface area contributed by atoms with Crippen LogP contribution in [-0.2, 0) is 12.0 Å². The first-order chi connectivity index (χ1) is 6.65. The van der Waals surface area contributed by atoms with Crippen molar-refractivity contribution in [2.75, 3.05) is 6.54 Å². The normalized spacial score (nSPS) is 25.9. The lowest BCUT2D eigenvalue weighted by molar-refractivity contribution is 0.0280. The molecular weight excluding hydrogens is 198 g/mol. The van der Waals surface area contributed by atoms with Gasteiger partial charge < -0.3 is 10.8 Å². The van der Waals surface area contributed by atoms with Crippen LogP contribution in [0.2, 0.25) is 5.02 Å². The van der Waals surface area contributed by atoms with Gasteiger partial charge in [-0.1, -0.05) is 17.7 Å². The monoisotopic (exact) mass is 211 g/mol. The summed E-state index contributed by atoms with van der Waals surface area (Å²) in [7, 11) is 0. The molecule has 2 rings (SSSR count). The maximum atomic E-state index is 10.3. The van der Waals surface area contributed by atoms with Crippen molar-refractivity contribution in [2.45, 2.75) is 24.9 Å². The average molecular weight is 212 g/mol. The van der Waals surface area contributed by atoms with Crippen LogP contribution in [0.3, 0.4) is 0 Å². The molecule has 1 aromatic carbocycles. The van der Waals surface area contributed by atoms with Gasteiger partial charge in [-0.05, 0) is 42.5 Å². The van der Waals surface area contributed by atoms with Gasteiger partial charge in [0.05, 0.1) is 0 Å². The zero-order valence-corrected chi connectivity index (χ0v) is 8.72. The van der Waals surface area contributed by atoms with Gasteiger partial charge >= 0.3 is 0 Å². The predicted molar refractivity (Wildman–Crippen MR) is 57.3 cm³/mol. The maximum Gasteiger partial charge on any atom is 0.102 e. The Morgan fingerprint density at radius 3 is 3.00 bits per heavy atom. The van der Waals surface area contributed by atoms with Crippen LogP contribution in [0.1, 0.15) is 24.0 Å². The zero-order valence-electron chi connectivity index (χ0n) is 7.96. The van der Waals surface area contributed by atoms with Crippen molar-refractivity contribution in [3.63, 3.8) is 0 Å². The topological polar surface area (TPSA) is 46.2 Å². The van der Waals surface area contributed by atoms with Gasteiger partial charge in [0.2, 0.25) is 0 Å². The Bertz CT molecular complexity index is 353. The molecule has 14 heavy (non-hydrogen) atoms. The molecule has 0 heterocycles.